The Morgan fingerprint density at radius 3 is 2.65 bits per heavy atom. The first-order chi connectivity index (χ1) is 9.60. The number of nitrogens with one attached hydrogen (secondary N) is 1. The maximum atomic E-state index is 13.9. The minimum Gasteiger partial charge on any atom is -0.369 e. The largest absolute Gasteiger partial charge is 0.369 e. The van der Waals surface area contributed by atoms with Gasteiger partial charge in [-0.1, -0.05) is 6.92 Å². The topological polar surface area (TPSA) is 15.3 Å². The molecule has 0 unspecified atom stereocenters. The summed E-state index contributed by atoms with van der Waals surface area (Å²) >= 11 is 0. The van der Waals surface area contributed by atoms with Crippen LogP contribution in [0.2, 0.25) is 0 Å². The van der Waals surface area contributed by atoms with E-state index in [0.29, 0.717) is 6.04 Å². The average molecular weight is 278 g/mol. The molecule has 1 aliphatic carbocycles. The van der Waals surface area contributed by atoms with Crippen molar-refractivity contribution in [1.29, 1.82) is 0 Å². The van der Waals surface area contributed by atoms with Crippen molar-refractivity contribution < 1.29 is 4.39 Å². The fourth-order valence-electron chi connectivity index (χ4n) is 2.50. The first-order valence-corrected chi connectivity index (χ1v) is 7.87. The molecule has 0 spiro atoms. The van der Waals surface area contributed by atoms with E-state index in [4.69, 9.17) is 0 Å². The molecule has 0 saturated heterocycles. The zero-order valence-corrected chi connectivity index (χ0v) is 13.0. The second kappa shape index (κ2) is 7.07. The quantitative estimate of drug-likeness (QED) is 0.724. The third kappa shape index (κ3) is 4.48. The Hall–Kier alpha value is -1.09. The van der Waals surface area contributed by atoms with Gasteiger partial charge in [0.15, 0.2) is 0 Å². The van der Waals surface area contributed by atoms with Crippen LogP contribution in [-0.2, 0) is 6.54 Å². The van der Waals surface area contributed by atoms with Gasteiger partial charge in [0.05, 0.1) is 0 Å². The molecule has 3 heteroatoms. The maximum Gasteiger partial charge on any atom is 0.125 e. The lowest BCUT2D eigenvalue weighted by Gasteiger charge is -2.29. The van der Waals surface area contributed by atoms with Crippen molar-refractivity contribution in [3.05, 3.63) is 29.6 Å². The molecule has 112 valence electrons. The van der Waals surface area contributed by atoms with E-state index in [1.54, 1.807) is 12.1 Å². The molecule has 0 atom stereocenters. The highest BCUT2D eigenvalue weighted by Gasteiger charge is 2.26. The summed E-state index contributed by atoms with van der Waals surface area (Å²) in [6.07, 6.45) is 3.74. The number of hydrogen-bond donors (Lipinski definition) is 1. The van der Waals surface area contributed by atoms with Crippen LogP contribution in [0.4, 0.5) is 10.1 Å². The van der Waals surface area contributed by atoms with Gasteiger partial charge in [0.25, 0.3) is 0 Å². The molecule has 0 radical (unpaired) electrons. The van der Waals surface area contributed by atoms with E-state index in [2.05, 4.69) is 37.1 Å². The van der Waals surface area contributed by atoms with Crippen LogP contribution in [0.1, 0.15) is 45.6 Å². The second-order valence-electron chi connectivity index (χ2n) is 6.18. The maximum absolute atomic E-state index is 13.9. The van der Waals surface area contributed by atoms with E-state index >= 15 is 0 Å². The van der Waals surface area contributed by atoms with Crippen LogP contribution in [0.25, 0.3) is 0 Å². The molecule has 0 heterocycles. The Morgan fingerprint density at radius 1 is 1.30 bits per heavy atom. The molecular formula is C17H27FN2. The number of benzene rings is 1. The Kier molecular flexibility index (Phi) is 5.41. The van der Waals surface area contributed by atoms with Crippen LogP contribution in [0.3, 0.4) is 0 Å². The normalized spacial score (nSPS) is 14.8. The summed E-state index contributed by atoms with van der Waals surface area (Å²) in [5, 5.41) is 3.34. The first-order valence-electron chi connectivity index (χ1n) is 7.87. The van der Waals surface area contributed by atoms with Crippen LogP contribution >= 0.6 is 0 Å². The third-order valence-electron chi connectivity index (χ3n) is 3.81. The predicted octanol–water partition coefficient (Wildman–Crippen LogP) is 3.95. The molecule has 2 rings (SSSR count). The van der Waals surface area contributed by atoms with Crippen molar-refractivity contribution in [3.8, 4) is 0 Å². The van der Waals surface area contributed by atoms with Gasteiger partial charge in [-0.15, -0.1) is 0 Å². The van der Waals surface area contributed by atoms with Crippen molar-refractivity contribution in [2.75, 3.05) is 18.0 Å². The van der Waals surface area contributed by atoms with E-state index in [-0.39, 0.29) is 5.82 Å². The Bertz CT molecular complexity index is 427. The Labute approximate surface area is 122 Å². The van der Waals surface area contributed by atoms with Gasteiger partial charge >= 0.3 is 0 Å². The molecule has 1 fully saturated rings. The lowest BCUT2D eigenvalue weighted by atomic mass is 10.1. The van der Waals surface area contributed by atoms with Crippen LogP contribution in [0.5, 0.6) is 0 Å². The molecule has 0 amide bonds. The molecular weight excluding hydrogens is 251 g/mol. The molecule has 0 aliphatic heterocycles. The van der Waals surface area contributed by atoms with E-state index in [1.165, 1.54) is 12.8 Å². The van der Waals surface area contributed by atoms with Gasteiger partial charge in [0.2, 0.25) is 0 Å². The fourth-order valence-corrected chi connectivity index (χ4v) is 2.50. The van der Waals surface area contributed by atoms with Crippen LogP contribution in [0.15, 0.2) is 18.2 Å². The highest BCUT2D eigenvalue weighted by Crippen LogP contribution is 2.32. The SMILES string of the molecule is CCCNCc1cc(F)cc(N(CC2CC2)C(C)C)c1. The number of anilines is 1. The summed E-state index contributed by atoms with van der Waals surface area (Å²) in [6, 6.07) is 5.86. The minimum absolute atomic E-state index is 0.128. The highest BCUT2D eigenvalue weighted by atomic mass is 19.1. The zero-order chi connectivity index (χ0) is 14.5. The highest BCUT2D eigenvalue weighted by molar-refractivity contribution is 5.50. The van der Waals surface area contributed by atoms with Crippen LogP contribution < -0.4 is 10.2 Å². The molecule has 2 nitrogen and oxygen atoms in total. The van der Waals surface area contributed by atoms with Crippen LogP contribution in [-0.4, -0.2) is 19.1 Å². The summed E-state index contributed by atoms with van der Waals surface area (Å²) in [5.74, 6) is 0.680. The van der Waals surface area contributed by atoms with E-state index in [0.717, 1.165) is 43.2 Å². The summed E-state index contributed by atoms with van der Waals surface area (Å²) in [6.45, 7) is 9.28. The van der Waals surface area contributed by atoms with Gasteiger partial charge in [0.1, 0.15) is 5.82 Å². The molecule has 0 aromatic heterocycles. The molecule has 20 heavy (non-hydrogen) atoms. The molecule has 0 bridgehead atoms. The molecule has 1 saturated carbocycles. The van der Waals surface area contributed by atoms with Crippen molar-refractivity contribution >= 4 is 5.69 Å². The lowest BCUT2D eigenvalue weighted by molar-refractivity contribution is 0.608. The first kappa shape index (κ1) is 15.3. The Morgan fingerprint density at radius 2 is 2.05 bits per heavy atom. The van der Waals surface area contributed by atoms with Gasteiger partial charge in [-0.05, 0) is 69.3 Å². The van der Waals surface area contributed by atoms with Crippen molar-refractivity contribution in [2.24, 2.45) is 5.92 Å². The number of rotatable bonds is 8. The van der Waals surface area contributed by atoms with Crippen LogP contribution in [0, 0.1) is 11.7 Å². The van der Waals surface area contributed by atoms with Gasteiger partial charge in [-0.25, -0.2) is 4.39 Å². The number of halogens is 1. The summed E-state index contributed by atoms with van der Waals surface area (Å²) in [7, 11) is 0. The lowest BCUT2D eigenvalue weighted by Crippen LogP contribution is -2.33. The van der Waals surface area contributed by atoms with E-state index in [9.17, 15) is 4.39 Å². The standard InChI is InChI=1S/C17H27FN2/c1-4-7-19-11-15-8-16(18)10-17(9-15)20(13(2)3)12-14-5-6-14/h8-10,13-14,19H,4-7,11-12H2,1-3H3. The third-order valence-corrected chi connectivity index (χ3v) is 3.81. The van der Waals surface area contributed by atoms with Crippen molar-refractivity contribution in [3.63, 3.8) is 0 Å². The Balaban J connectivity index is 2.11. The van der Waals surface area contributed by atoms with E-state index in [1.807, 2.05) is 0 Å². The zero-order valence-electron chi connectivity index (χ0n) is 13.0. The summed E-state index contributed by atoms with van der Waals surface area (Å²) in [5.41, 5.74) is 2.06. The van der Waals surface area contributed by atoms with Gasteiger partial charge < -0.3 is 10.2 Å². The minimum atomic E-state index is -0.128. The number of hydrogen-bond acceptors (Lipinski definition) is 2. The predicted molar refractivity (Wildman–Crippen MR) is 83.6 cm³/mol. The van der Waals surface area contributed by atoms with Crippen molar-refractivity contribution in [2.45, 2.75) is 52.6 Å². The monoisotopic (exact) mass is 278 g/mol. The van der Waals surface area contributed by atoms with Gasteiger partial charge in [-0.2, -0.15) is 0 Å². The molecule has 1 aliphatic rings. The average Bonchev–Trinajstić information content (AvgIpc) is 3.19. The van der Waals surface area contributed by atoms with Gasteiger partial charge in [-0.3, -0.25) is 0 Å². The number of nitrogens with zero attached hydrogens (tertiary/aromatic N) is 1. The van der Waals surface area contributed by atoms with Crippen molar-refractivity contribution in [1.82, 2.24) is 5.32 Å². The molecule has 1 aromatic rings. The van der Waals surface area contributed by atoms with E-state index < -0.39 is 0 Å². The molecule has 1 aromatic carbocycles. The van der Waals surface area contributed by atoms with Gasteiger partial charge in [0, 0.05) is 24.8 Å². The molecule has 1 N–H and O–H groups in total. The summed E-state index contributed by atoms with van der Waals surface area (Å²) < 4.78 is 13.9. The fraction of sp³-hybridized carbons (Fsp3) is 0.647. The smallest absolute Gasteiger partial charge is 0.125 e. The second-order valence-corrected chi connectivity index (χ2v) is 6.18. The summed E-state index contributed by atoms with van der Waals surface area (Å²) in [4.78, 5) is 2.34.